The van der Waals surface area contributed by atoms with Crippen molar-refractivity contribution < 1.29 is 14.6 Å². The van der Waals surface area contributed by atoms with Crippen molar-refractivity contribution in [2.75, 3.05) is 49.2 Å². The molecule has 1 amide bonds. The zero-order chi connectivity index (χ0) is 22.9. The van der Waals surface area contributed by atoms with Gasteiger partial charge in [-0.05, 0) is 49.1 Å². The van der Waals surface area contributed by atoms with Gasteiger partial charge in [0.15, 0.2) is 0 Å². The minimum Gasteiger partial charge on any atom is -0.465 e. The number of piperidine rings is 1. The normalized spacial score (nSPS) is 24.2. The molecule has 2 unspecified atom stereocenters. The van der Waals surface area contributed by atoms with E-state index >= 15 is 0 Å². The van der Waals surface area contributed by atoms with Gasteiger partial charge >= 0.3 is 6.09 Å². The fourth-order valence-electron chi connectivity index (χ4n) is 5.63. The molecular formula is C25H39N3O3Si. The van der Waals surface area contributed by atoms with E-state index in [1.54, 1.807) is 4.90 Å². The number of amides is 1. The largest absolute Gasteiger partial charge is 0.465 e. The molecular weight excluding hydrogens is 418 g/mol. The molecule has 0 aliphatic carbocycles. The standard InChI is InChI=1S/C25H39N3O3Si/c1-5-11-28-23-7-6-20(27(25(29)30)13-16-32(2,3)4)17-21(23)22-18-26(12-8-24(22)28)19-9-14-31-15-10-19/h5-7,17,19,22,24H,1,8-16,18H2,2-4H3,(H,29,30). The molecule has 6 nitrogen and oxygen atoms in total. The average Bonchev–Trinajstić information content (AvgIpc) is 3.06. The molecule has 176 valence electrons. The molecule has 2 fully saturated rings. The van der Waals surface area contributed by atoms with Crippen molar-refractivity contribution in [1.82, 2.24) is 4.90 Å². The van der Waals surface area contributed by atoms with Crippen LogP contribution in [0.2, 0.25) is 25.7 Å². The van der Waals surface area contributed by atoms with Gasteiger partial charge in [0.1, 0.15) is 0 Å². The molecule has 1 aromatic rings. The first-order valence-electron chi connectivity index (χ1n) is 12.1. The lowest BCUT2D eigenvalue weighted by molar-refractivity contribution is 0.0223. The van der Waals surface area contributed by atoms with E-state index in [-0.39, 0.29) is 0 Å². The summed E-state index contributed by atoms with van der Waals surface area (Å²) in [5.74, 6) is 0.411. The number of likely N-dealkylation sites (tertiary alicyclic amines) is 1. The van der Waals surface area contributed by atoms with E-state index < -0.39 is 14.2 Å². The van der Waals surface area contributed by atoms with Gasteiger partial charge in [0, 0.05) is 76.8 Å². The quantitative estimate of drug-likeness (QED) is 0.468. The summed E-state index contributed by atoms with van der Waals surface area (Å²) in [6, 6.07) is 8.35. The molecule has 0 aromatic heterocycles. The van der Waals surface area contributed by atoms with Crippen molar-refractivity contribution in [2.45, 2.75) is 62.9 Å². The number of fused-ring (bicyclic) bond motifs is 3. The molecule has 3 aliphatic rings. The van der Waals surface area contributed by atoms with Crippen LogP contribution in [0.1, 0.15) is 30.7 Å². The van der Waals surface area contributed by atoms with Crippen molar-refractivity contribution in [3.05, 3.63) is 36.4 Å². The highest BCUT2D eigenvalue weighted by molar-refractivity contribution is 6.76. The molecule has 0 saturated carbocycles. The monoisotopic (exact) mass is 457 g/mol. The fraction of sp³-hybridized carbons (Fsp3) is 0.640. The molecule has 0 spiro atoms. The number of carboxylic acid groups (broad SMARTS) is 1. The van der Waals surface area contributed by atoms with Crippen LogP contribution in [0.25, 0.3) is 0 Å². The number of nitrogens with zero attached hydrogens (tertiary/aromatic N) is 3. The first kappa shape index (κ1) is 23.3. The van der Waals surface area contributed by atoms with Gasteiger partial charge in [-0.1, -0.05) is 25.7 Å². The third kappa shape index (κ3) is 4.90. The zero-order valence-corrected chi connectivity index (χ0v) is 20.9. The third-order valence-corrected chi connectivity index (χ3v) is 9.11. The number of rotatable bonds is 7. The molecule has 7 heteroatoms. The van der Waals surface area contributed by atoms with Gasteiger partial charge in [-0.25, -0.2) is 4.79 Å². The maximum atomic E-state index is 12.1. The van der Waals surface area contributed by atoms with E-state index in [9.17, 15) is 9.90 Å². The van der Waals surface area contributed by atoms with Crippen LogP contribution in [0.15, 0.2) is 30.9 Å². The topological polar surface area (TPSA) is 56.2 Å². The number of benzene rings is 1. The third-order valence-electron chi connectivity index (χ3n) is 7.39. The number of hydrogen-bond donors (Lipinski definition) is 1. The fourth-order valence-corrected chi connectivity index (χ4v) is 6.52. The van der Waals surface area contributed by atoms with Crippen LogP contribution in [0, 0.1) is 0 Å². The number of hydrogen-bond acceptors (Lipinski definition) is 4. The van der Waals surface area contributed by atoms with Gasteiger partial charge < -0.3 is 14.7 Å². The van der Waals surface area contributed by atoms with Crippen LogP contribution in [0.4, 0.5) is 16.2 Å². The Morgan fingerprint density at radius 1 is 1.28 bits per heavy atom. The summed E-state index contributed by atoms with van der Waals surface area (Å²) in [5.41, 5.74) is 3.38. The van der Waals surface area contributed by atoms with Crippen molar-refractivity contribution in [1.29, 1.82) is 0 Å². The Bertz CT molecular complexity index is 834. The molecule has 0 bridgehead atoms. The van der Waals surface area contributed by atoms with Gasteiger partial charge in [-0.3, -0.25) is 9.80 Å². The highest BCUT2D eigenvalue weighted by Crippen LogP contribution is 2.46. The summed E-state index contributed by atoms with van der Waals surface area (Å²) < 4.78 is 5.59. The summed E-state index contributed by atoms with van der Waals surface area (Å²) in [6.07, 6.45) is 4.50. The van der Waals surface area contributed by atoms with Crippen LogP contribution in [-0.2, 0) is 4.74 Å². The first-order chi connectivity index (χ1) is 15.3. The van der Waals surface area contributed by atoms with Crippen LogP contribution in [-0.4, -0.2) is 75.7 Å². The van der Waals surface area contributed by atoms with Crippen LogP contribution in [0.3, 0.4) is 0 Å². The number of carbonyl (C=O) groups is 1. The Balaban J connectivity index is 1.61. The summed E-state index contributed by atoms with van der Waals surface area (Å²) in [7, 11) is -1.34. The highest BCUT2D eigenvalue weighted by atomic mass is 28.3. The average molecular weight is 458 g/mol. The Morgan fingerprint density at radius 3 is 2.69 bits per heavy atom. The van der Waals surface area contributed by atoms with E-state index in [0.717, 1.165) is 63.8 Å². The van der Waals surface area contributed by atoms with Crippen LogP contribution < -0.4 is 9.80 Å². The smallest absolute Gasteiger partial charge is 0.411 e. The van der Waals surface area contributed by atoms with E-state index in [2.05, 4.69) is 48.2 Å². The maximum Gasteiger partial charge on any atom is 0.411 e. The predicted octanol–water partition coefficient (Wildman–Crippen LogP) is 4.85. The Hall–Kier alpha value is -1.83. The van der Waals surface area contributed by atoms with Crippen molar-refractivity contribution >= 4 is 25.5 Å². The van der Waals surface area contributed by atoms with Crippen LogP contribution >= 0.6 is 0 Å². The predicted molar refractivity (Wildman–Crippen MR) is 134 cm³/mol. The van der Waals surface area contributed by atoms with Gasteiger partial charge in [0.25, 0.3) is 0 Å². The molecule has 3 heterocycles. The first-order valence-corrected chi connectivity index (χ1v) is 15.8. The lowest BCUT2D eigenvalue weighted by atomic mass is 9.87. The second-order valence-corrected chi connectivity index (χ2v) is 16.4. The summed E-state index contributed by atoms with van der Waals surface area (Å²) in [4.78, 5) is 18.8. The molecule has 4 rings (SSSR count). The van der Waals surface area contributed by atoms with E-state index in [1.165, 1.54) is 11.3 Å². The lowest BCUT2D eigenvalue weighted by Crippen LogP contribution is -2.50. The van der Waals surface area contributed by atoms with Gasteiger partial charge in [-0.2, -0.15) is 0 Å². The van der Waals surface area contributed by atoms with Crippen molar-refractivity contribution in [3.63, 3.8) is 0 Å². The molecule has 2 atom stereocenters. The second kappa shape index (κ2) is 9.57. The minimum absolute atomic E-state index is 0.411. The summed E-state index contributed by atoms with van der Waals surface area (Å²) in [6.45, 7) is 16.2. The summed E-state index contributed by atoms with van der Waals surface area (Å²) >= 11 is 0. The van der Waals surface area contributed by atoms with Crippen molar-refractivity contribution in [2.24, 2.45) is 0 Å². The van der Waals surface area contributed by atoms with Gasteiger partial charge in [0.2, 0.25) is 0 Å². The SMILES string of the molecule is C=CCN1c2ccc(N(CC[Si](C)(C)C)C(=O)O)cc2C2CN(C3CCOCC3)CCC21. The van der Waals surface area contributed by atoms with Gasteiger partial charge in [-0.15, -0.1) is 6.58 Å². The Morgan fingerprint density at radius 2 is 2.03 bits per heavy atom. The van der Waals surface area contributed by atoms with Crippen LogP contribution in [0.5, 0.6) is 0 Å². The van der Waals surface area contributed by atoms with E-state index in [4.69, 9.17) is 4.74 Å². The van der Waals surface area contributed by atoms with Gasteiger partial charge in [0.05, 0.1) is 0 Å². The second-order valence-electron chi connectivity index (χ2n) is 10.7. The van der Waals surface area contributed by atoms with Crippen molar-refractivity contribution in [3.8, 4) is 0 Å². The molecule has 1 aromatic carbocycles. The maximum absolute atomic E-state index is 12.1. The molecule has 0 radical (unpaired) electrons. The van der Waals surface area contributed by atoms with E-state index in [0.29, 0.717) is 24.5 Å². The molecule has 32 heavy (non-hydrogen) atoms. The highest BCUT2D eigenvalue weighted by Gasteiger charge is 2.43. The Kier molecular flexibility index (Phi) is 6.98. The number of anilines is 2. The van der Waals surface area contributed by atoms with E-state index in [1.807, 2.05) is 12.1 Å². The summed E-state index contributed by atoms with van der Waals surface area (Å²) in [5, 5.41) is 9.95. The molecule has 1 N–H and O–H groups in total. The number of ether oxygens (including phenoxy) is 1. The minimum atomic E-state index is -1.34. The lowest BCUT2D eigenvalue weighted by Gasteiger charge is -2.43. The Labute approximate surface area is 193 Å². The molecule has 3 aliphatic heterocycles. The zero-order valence-electron chi connectivity index (χ0n) is 19.9. The molecule has 2 saturated heterocycles.